The van der Waals surface area contributed by atoms with E-state index in [0.717, 1.165) is 0 Å². The summed E-state index contributed by atoms with van der Waals surface area (Å²) in [4.78, 5) is 46.6. The van der Waals surface area contributed by atoms with Gasteiger partial charge in [0.1, 0.15) is 0 Å². The van der Waals surface area contributed by atoms with Crippen LogP contribution < -0.4 is 0 Å². The van der Waals surface area contributed by atoms with Gasteiger partial charge in [-0.2, -0.15) is 0 Å². The number of carbonyl (C=O) groups excluding carboxylic acids is 4. The van der Waals surface area contributed by atoms with E-state index in [-0.39, 0.29) is 22.6 Å². The molecule has 0 amide bonds. The highest BCUT2D eigenvalue weighted by Gasteiger charge is 2.39. The molecular weight excluding hydrogens is 288 g/mol. The molecule has 1 unspecified atom stereocenters. The first kappa shape index (κ1) is 12.7. The van der Waals surface area contributed by atoms with Crippen LogP contribution in [0.4, 0.5) is 0 Å². The number of rotatable bonds is 1. The van der Waals surface area contributed by atoms with Crippen LogP contribution in [-0.4, -0.2) is 23.9 Å². The molecule has 6 heteroatoms. The van der Waals surface area contributed by atoms with E-state index in [9.17, 15) is 19.2 Å². The molecule has 22 heavy (non-hydrogen) atoms. The van der Waals surface area contributed by atoms with E-state index >= 15 is 0 Å². The molecule has 2 aliphatic heterocycles. The highest BCUT2D eigenvalue weighted by molar-refractivity contribution is 6.16. The van der Waals surface area contributed by atoms with Crippen LogP contribution in [0.1, 0.15) is 38.6 Å². The van der Waals surface area contributed by atoms with E-state index in [2.05, 4.69) is 9.47 Å². The van der Waals surface area contributed by atoms with Crippen LogP contribution in [0, 0.1) is 0 Å². The van der Waals surface area contributed by atoms with E-state index in [0.29, 0.717) is 17.6 Å². The Bertz CT molecular complexity index is 842. The average Bonchev–Trinajstić information content (AvgIpc) is 2.96. The molecule has 2 heterocycles. The molecule has 0 saturated carbocycles. The summed E-state index contributed by atoms with van der Waals surface area (Å²) >= 11 is 0. The zero-order valence-electron chi connectivity index (χ0n) is 11.1. The first-order valence-electron chi connectivity index (χ1n) is 6.64. The number of cyclic esters (lactones) is 4. The number of ether oxygens (including phenoxy) is 2. The van der Waals surface area contributed by atoms with E-state index in [4.69, 9.17) is 0 Å². The summed E-state index contributed by atoms with van der Waals surface area (Å²) in [5.41, 5.74) is 1.59. The Morgan fingerprint density at radius 1 is 0.864 bits per heavy atom. The molecule has 6 nitrogen and oxygen atoms in total. The Hall–Kier alpha value is -3.02. The molecule has 0 spiro atoms. The maximum absolute atomic E-state index is 11.9. The molecular formula is C16H8O6. The molecule has 0 saturated heterocycles. The van der Waals surface area contributed by atoms with Crippen molar-refractivity contribution in [3.63, 3.8) is 0 Å². The maximum atomic E-state index is 11.9. The first-order chi connectivity index (χ1) is 10.6. The van der Waals surface area contributed by atoms with Gasteiger partial charge in [-0.25, -0.2) is 19.2 Å². The Balaban J connectivity index is 1.82. The lowest BCUT2D eigenvalue weighted by Gasteiger charge is -2.18. The van der Waals surface area contributed by atoms with Crippen molar-refractivity contribution >= 4 is 23.9 Å². The summed E-state index contributed by atoms with van der Waals surface area (Å²) in [6, 6.07) is 4.69. The Morgan fingerprint density at radius 3 is 2.41 bits per heavy atom. The summed E-state index contributed by atoms with van der Waals surface area (Å²) in [7, 11) is 0. The van der Waals surface area contributed by atoms with Crippen LogP contribution in [0.5, 0.6) is 0 Å². The molecule has 0 aromatic heterocycles. The SMILES string of the molecule is O=C1OC(=O)C2=C1C=CCC2c1ccc2c(c1)C(=O)OC2=O. The molecule has 0 N–H and O–H groups in total. The number of esters is 4. The lowest BCUT2D eigenvalue weighted by Crippen LogP contribution is -2.12. The third kappa shape index (κ3) is 1.60. The summed E-state index contributed by atoms with van der Waals surface area (Å²) in [6.45, 7) is 0. The Kier molecular flexibility index (Phi) is 2.45. The quantitative estimate of drug-likeness (QED) is 0.575. The van der Waals surface area contributed by atoms with Gasteiger partial charge in [0, 0.05) is 5.92 Å². The van der Waals surface area contributed by atoms with Crippen LogP contribution in [0.3, 0.4) is 0 Å². The van der Waals surface area contributed by atoms with Gasteiger partial charge in [-0.05, 0) is 24.1 Å². The fourth-order valence-corrected chi connectivity index (χ4v) is 2.96. The third-order valence-electron chi connectivity index (χ3n) is 3.99. The minimum Gasteiger partial charge on any atom is -0.386 e. The predicted octanol–water partition coefficient (Wildman–Crippen LogP) is 1.42. The van der Waals surface area contributed by atoms with E-state index < -0.39 is 23.9 Å². The van der Waals surface area contributed by atoms with Gasteiger partial charge in [0.25, 0.3) is 0 Å². The lowest BCUT2D eigenvalue weighted by atomic mass is 9.82. The van der Waals surface area contributed by atoms with Gasteiger partial charge < -0.3 is 9.47 Å². The zero-order valence-corrected chi connectivity index (χ0v) is 11.1. The molecule has 108 valence electrons. The van der Waals surface area contributed by atoms with Crippen molar-refractivity contribution < 1.29 is 28.7 Å². The molecule has 3 aliphatic rings. The molecule has 1 aromatic carbocycles. The lowest BCUT2D eigenvalue weighted by molar-refractivity contribution is -0.151. The summed E-state index contributed by atoms with van der Waals surface area (Å²) < 4.78 is 9.19. The second-order valence-electron chi connectivity index (χ2n) is 5.18. The normalized spacial score (nSPS) is 22.6. The Morgan fingerprint density at radius 2 is 1.59 bits per heavy atom. The number of hydrogen-bond acceptors (Lipinski definition) is 6. The standard InChI is InChI=1S/C16H8O6/c17-13-9-5-4-7(6-11(9)15(19)21-13)8-2-1-3-10-12(8)16(20)22-14(10)18/h1,3-6,8H,2H2. The second kappa shape index (κ2) is 4.24. The summed E-state index contributed by atoms with van der Waals surface area (Å²) in [5, 5.41) is 0. The van der Waals surface area contributed by atoms with Gasteiger partial charge in [-0.3, -0.25) is 0 Å². The van der Waals surface area contributed by atoms with Gasteiger partial charge in [0.05, 0.1) is 22.3 Å². The molecule has 0 fully saturated rings. The van der Waals surface area contributed by atoms with E-state index in [1.807, 2.05) is 0 Å². The average molecular weight is 296 g/mol. The van der Waals surface area contributed by atoms with Crippen molar-refractivity contribution in [1.82, 2.24) is 0 Å². The van der Waals surface area contributed by atoms with E-state index in [1.54, 1.807) is 18.2 Å². The number of carbonyl (C=O) groups is 4. The molecule has 0 bridgehead atoms. The van der Waals surface area contributed by atoms with Gasteiger partial charge >= 0.3 is 23.9 Å². The Labute approximate surface area is 124 Å². The van der Waals surface area contributed by atoms with Crippen molar-refractivity contribution in [3.05, 3.63) is 58.2 Å². The van der Waals surface area contributed by atoms with Crippen LogP contribution in [0.2, 0.25) is 0 Å². The number of allylic oxidation sites excluding steroid dienone is 1. The third-order valence-corrected chi connectivity index (χ3v) is 3.99. The summed E-state index contributed by atoms with van der Waals surface area (Å²) in [6.07, 6.45) is 3.85. The van der Waals surface area contributed by atoms with Crippen molar-refractivity contribution in [2.75, 3.05) is 0 Å². The maximum Gasteiger partial charge on any atom is 0.346 e. The summed E-state index contributed by atoms with van der Waals surface area (Å²) in [5.74, 6) is -3.07. The zero-order chi connectivity index (χ0) is 15.4. The number of benzene rings is 1. The number of fused-ring (bicyclic) bond motifs is 1. The highest BCUT2D eigenvalue weighted by atomic mass is 16.6. The van der Waals surface area contributed by atoms with Gasteiger partial charge in [-0.1, -0.05) is 18.2 Å². The number of hydrogen-bond donors (Lipinski definition) is 0. The fraction of sp³-hybridized carbons (Fsp3) is 0.125. The van der Waals surface area contributed by atoms with Crippen molar-refractivity contribution in [2.24, 2.45) is 0 Å². The molecule has 4 rings (SSSR count). The minimum atomic E-state index is -0.701. The molecule has 0 radical (unpaired) electrons. The van der Waals surface area contributed by atoms with E-state index in [1.165, 1.54) is 12.1 Å². The van der Waals surface area contributed by atoms with Crippen molar-refractivity contribution in [3.8, 4) is 0 Å². The monoisotopic (exact) mass is 296 g/mol. The van der Waals surface area contributed by atoms with Crippen LogP contribution >= 0.6 is 0 Å². The smallest absolute Gasteiger partial charge is 0.346 e. The van der Waals surface area contributed by atoms with Crippen molar-refractivity contribution in [1.29, 1.82) is 0 Å². The minimum absolute atomic E-state index is 0.178. The van der Waals surface area contributed by atoms with Crippen LogP contribution in [-0.2, 0) is 19.1 Å². The fourth-order valence-electron chi connectivity index (χ4n) is 2.96. The first-order valence-corrected chi connectivity index (χ1v) is 6.64. The van der Waals surface area contributed by atoms with Gasteiger partial charge in [0.15, 0.2) is 0 Å². The molecule has 1 atom stereocenters. The van der Waals surface area contributed by atoms with Gasteiger partial charge in [0.2, 0.25) is 0 Å². The largest absolute Gasteiger partial charge is 0.386 e. The van der Waals surface area contributed by atoms with Crippen LogP contribution in [0.15, 0.2) is 41.5 Å². The van der Waals surface area contributed by atoms with Crippen molar-refractivity contribution in [2.45, 2.75) is 12.3 Å². The predicted molar refractivity (Wildman–Crippen MR) is 70.8 cm³/mol. The van der Waals surface area contributed by atoms with Crippen LogP contribution in [0.25, 0.3) is 0 Å². The second-order valence-corrected chi connectivity index (χ2v) is 5.18. The molecule has 1 aliphatic carbocycles. The van der Waals surface area contributed by atoms with Gasteiger partial charge in [-0.15, -0.1) is 0 Å². The highest BCUT2D eigenvalue weighted by Crippen LogP contribution is 2.39. The molecule has 1 aromatic rings. The topological polar surface area (TPSA) is 86.7 Å².